The number of carbonyl (C=O) groups excluding carboxylic acids is 1. The lowest BCUT2D eigenvalue weighted by Gasteiger charge is -1.97. The zero-order valence-corrected chi connectivity index (χ0v) is 11.4. The maximum absolute atomic E-state index is 11.9. The molecule has 0 amide bonds. The Morgan fingerprint density at radius 2 is 1.65 bits per heavy atom. The first-order chi connectivity index (χ1) is 7.75. The van der Waals surface area contributed by atoms with Crippen molar-refractivity contribution in [2.75, 3.05) is 0 Å². The van der Waals surface area contributed by atoms with Crippen molar-refractivity contribution >= 4 is 22.8 Å². The van der Waals surface area contributed by atoms with E-state index in [4.69, 9.17) is 0 Å². The number of benzene rings is 1. The van der Waals surface area contributed by atoms with Gasteiger partial charge in [-0.05, 0) is 12.5 Å². The number of hydrogen-bond donors (Lipinski definition) is 0. The highest BCUT2D eigenvalue weighted by Crippen LogP contribution is 2.00. The van der Waals surface area contributed by atoms with Gasteiger partial charge in [0.25, 0.3) is 0 Å². The number of Topliss-reactive ketones (excluding diaryl/α,β-unsaturated/α-hetero) is 1. The van der Waals surface area contributed by atoms with Crippen LogP contribution in [0.1, 0.15) is 15.9 Å². The van der Waals surface area contributed by atoms with Crippen LogP contribution in [-0.4, -0.2) is 5.78 Å². The summed E-state index contributed by atoms with van der Waals surface area (Å²) in [4.78, 5) is 11.9. The molecule has 2 aromatic rings. The van der Waals surface area contributed by atoms with Gasteiger partial charge in [0.05, 0.1) is 0 Å². The maximum Gasteiger partial charge on any atom is 0.227 e. The Labute approximate surface area is 112 Å². The Kier molecular flexibility index (Phi) is 5.04. The van der Waals surface area contributed by atoms with Gasteiger partial charge in [-0.15, -0.1) is 17.0 Å². The summed E-state index contributed by atoms with van der Waals surface area (Å²) >= 11 is 0. The summed E-state index contributed by atoms with van der Waals surface area (Å²) in [6, 6.07) is 13.4. The second-order valence-corrected chi connectivity index (χ2v) is 3.84. The molecule has 0 fully saturated rings. The molecule has 1 heterocycles. The number of nitrogens with zero attached hydrogens (tertiary/aromatic N) is 1. The lowest BCUT2D eigenvalue weighted by molar-refractivity contribution is -0.683. The smallest absolute Gasteiger partial charge is 0.227 e. The topological polar surface area (TPSA) is 20.9 Å². The minimum atomic E-state index is 0. The van der Waals surface area contributed by atoms with Crippen LogP contribution in [0.25, 0.3) is 0 Å². The second-order valence-electron chi connectivity index (χ2n) is 3.84. The quantitative estimate of drug-likeness (QED) is 0.629. The molecule has 0 radical (unpaired) electrons. The van der Waals surface area contributed by atoms with Crippen molar-refractivity contribution in [3.05, 3.63) is 66.0 Å². The van der Waals surface area contributed by atoms with E-state index < -0.39 is 0 Å². The molecule has 0 spiro atoms. The monoisotopic (exact) mass is 292 g/mol. The summed E-state index contributed by atoms with van der Waals surface area (Å²) in [7, 11) is 0. The summed E-state index contributed by atoms with van der Waals surface area (Å²) < 4.78 is 1.89. The van der Waals surface area contributed by atoms with Crippen LogP contribution in [0.5, 0.6) is 0 Å². The summed E-state index contributed by atoms with van der Waals surface area (Å²) in [6.45, 7) is 2.42. The van der Waals surface area contributed by atoms with Crippen LogP contribution in [0.4, 0.5) is 0 Å². The highest BCUT2D eigenvalue weighted by Gasteiger charge is 2.10. The number of ketones is 1. The van der Waals surface area contributed by atoms with Crippen molar-refractivity contribution < 1.29 is 9.36 Å². The lowest BCUT2D eigenvalue weighted by atomic mass is 10.1. The molecule has 0 saturated heterocycles. The fraction of sp³-hybridized carbons (Fsp3) is 0.143. The Morgan fingerprint density at radius 3 is 2.24 bits per heavy atom. The summed E-state index contributed by atoms with van der Waals surface area (Å²) in [5, 5.41) is 0. The largest absolute Gasteiger partial charge is 0.287 e. The molecular weight excluding hydrogens is 278 g/mol. The van der Waals surface area contributed by atoms with Crippen LogP contribution in [-0.2, 0) is 6.54 Å². The van der Waals surface area contributed by atoms with Gasteiger partial charge < -0.3 is 0 Å². The number of halogens is 1. The number of aromatic nitrogens is 1. The van der Waals surface area contributed by atoms with Gasteiger partial charge in [0.1, 0.15) is 0 Å². The van der Waals surface area contributed by atoms with Gasteiger partial charge in [-0.2, -0.15) is 4.57 Å². The standard InChI is InChI=1S/C14H14NO.BrH/c1-12-7-9-15(10-8-12)11-14(16)13-5-3-2-4-6-13;/h2-10H,11H2,1H3;1H/q+1;. The Bertz CT molecular complexity index is 479. The molecule has 0 N–H and O–H groups in total. The first-order valence-corrected chi connectivity index (χ1v) is 5.30. The van der Waals surface area contributed by atoms with E-state index in [2.05, 4.69) is 0 Å². The molecule has 1 aromatic heterocycles. The summed E-state index contributed by atoms with van der Waals surface area (Å²) in [6.07, 6.45) is 3.85. The van der Waals surface area contributed by atoms with E-state index >= 15 is 0 Å². The third-order valence-electron chi connectivity index (χ3n) is 2.48. The highest BCUT2D eigenvalue weighted by atomic mass is 79.9. The summed E-state index contributed by atoms with van der Waals surface area (Å²) in [5.41, 5.74) is 1.96. The third kappa shape index (κ3) is 3.79. The third-order valence-corrected chi connectivity index (χ3v) is 2.48. The molecule has 1 aromatic carbocycles. The van der Waals surface area contributed by atoms with E-state index in [0.717, 1.165) is 5.56 Å². The average Bonchev–Trinajstić information content (AvgIpc) is 2.33. The summed E-state index contributed by atoms with van der Waals surface area (Å²) in [5.74, 6) is 0.134. The normalized spacial score (nSPS) is 9.47. The molecule has 2 rings (SSSR count). The molecule has 0 atom stereocenters. The molecule has 2 nitrogen and oxygen atoms in total. The number of hydrogen-bond acceptors (Lipinski definition) is 1. The Morgan fingerprint density at radius 1 is 1.06 bits per heavy atom. The van der Waals surface area contributed by atoms with Crippen molar-refractivity contribution in [3.8, 4) is 0 Å². The molecule has 88 valence electrons. The van der Waals surface area contributed by atoms with Crippen LogP contribution < -0.4 is 4.57 Å². The molecule has 0 bridgehead atoms. The number of rotatable bonds is 3. The van der Waals surface area contributed by atoms with Crippen molar-refractivity contribution in [1.29, 1.82) is 0 Å². The zero-order valence-electron chi connectivity index (χ0n) is 9.67. The van der Waals surface area contributed by atoms with Crippen LogP contribution in [0.15, 0.2) is 54.9 Å². The van der Waals surface area contributed by atoms with Gasteiger partial charge >= 0.3 is 0 Å². The fourth-order valence-corrected chi connectivity index (χ4v) is 1.52. The van der Waals surface area contributed by atoms with Gasteiger partial charge in [0.15, 0.2) is 12.4 Å². The van der Waals surface area contributed by atoms with Gasteiger partial charge in [-0.3, -0.25) is 4.79 Å². The molecule has 0 aliphatic carbocycles. The van der Waals surface area contributed by atoms with Crippen molar-refractivity contribution in [2.24, 2.45) is 0 Å². The Hall–Kier alpha value is -1.48. The Balaban J connectivity index is 0.00000144. The van der Waals surface area contributed by atoms with Crippen molar-refractivity contribution in [2.45, 2.75) is 13.5 Å². The first-order valence-electron chi connectivity index (χ1n) is 5.30. The van der Waals surface area contributed by atoms with Gasteiger partial charge in [-0.1, -0.05) is 30.3 Å². The predicted octanol–water partition coefficient (Wildman–Crippen LogP) is 2.74. The van der Waals surface area contributed by atoms with E-state index in [-0.39, 0.29) is 22.8 Å². The predicted molar refractivity (Wildman–Crippen MR) is 72.5 cm³/mol. The maximum atomic E-state index is 11.9. The van der Waals surface area contributed by atoms with Crippen LogP contribution in [0.2, 0.25) is 0 Å². The van der Waals surface area contributed by atoms with E-state index in [1.807, 2.05) is 66.3 Å². The van der Waals surface area contributed by atoms with Crippen molar-refractivity contribution in [1.82, 2.24) is 0 Å². The zero-order chi connectivity index (χ0) is 11.4. The minimum Gasteiger partial charge on any atom is -0.287 e. The van der Waals surface area contributed by atoms with Crippen LogP contribution >= 0.6 is 17.0 Å². The van der Waals surface area contributed by atoms with Crippen molar-refractivity contribution in [3.63, 3.8) is 0 Å². The van der Waals surface area contributed by atoms with Gasteiger partial charge in [0.2, 0.25) is 12.3 Å². The first kappa shape index (κ1) is 13.6. The molecule has 0 unspecified atom stereocenters. The van der Waals surface area contributed by atoms with E-state index in [1.165, 1.54) is 5.56 Å². The average molecular weight is 293 g/mol. The molecule has 3 heteroatoms. The van der Waals surface area contributed by atoms with Crippen LogP contribution in [0, 0.1) is 6.92 Å². The molecule has 0 aliphatic rings. The highest BCUT2D eigenvalue weighted by molar-refractivity contribution is 8.93. The van der Waals surface area contributed by atoms with Gasteiger partial charge in [0, 0.05) is 17.7 Å². The SMILES string of the molecule is Br.Cc1cc[n+](CC(=O)c2ccccc2)cc1. The van der Waals surface area contributed by atoms with Gasteiger partial charge in [-0.25, -0.2) is 0 Å². The number of carbonyl (C=O) groups is 1. The minimum absolute atomic E-state index is 0. The fourth-order valence-electron chi connectivity index (χ4n) is 1.52. The number of aryl methyl sites for hydroxylation is 1. The molecule has 0 saturated carbocycles. The molecule has 17 heavy (non-hydrogen) atoms. The van der Waals surface area contributed by atoms with Crippen LogP contribution in [0.3, 0.4) is 0 Å². The van der Waals surface area contributed by atoms with E-state index in [1.54, 1.807) is 0 Å². The van der Waals surface area contributed by atoms with E-state index in [9.17, 15) is 4.79 Å². The molecular formula is C14H15BrNO+. The lowest BCUT2D eigenvalue weighted by Crippen LogP contribution is -2.37. The second kappa shape index (κ2) is 6.30. The number of pyridine rings is 1. The molecule has 0 aliphatic heterocycles. The van der Waals surface area contributed by atoms with E-state index in [0.29, 0.717) is 6.54 Å².